The molecule has 1 saturated heterocycles. The summed E-state index contributed by atoms with van der Waals surface area (Å²) in [6.45, 7) is 0.481. The van der Waals surface area contributed by atoms with Crippen molar-refractivity contribution in [2.45, 2.75) is 11.7 Å². The van der Waals surface area contributed by atoms with Crippen LogP contribution in [0.5, 0.6) is 0 Å². The summed E-state index contributed by atoms with van der Waals surface area (Å²) in [4.78, 5) is 0. The summed E-state index contributed by atoms with van der Waals surface area (Å²) in [5.41, 5.74) is -1.04. The number of anilines is 1. The number of benzene rings is 1. The molecule has 2 rings (SSSR count). The Morgan fingerprint density at radius 2 is 1.82 bits per heavy atom. The van der Waals surface area contributed by atoms with E-state index in [1.54, 1.807) is 0 Å². The van der Waals surface area contributed by atoms with Crippen LogP contribution in [0.25, 0.3) is 0 Å². The molecule has 1 aromatic rings. The minimum atomic E-state index is -4.34. The topological polar surface area (TPSA) is 45.0 Å². The van der Waals surface area contributed by atoms with Crippen LogP contribution in [-0.4, -0.2) is 18.8 Å². The fourth-order valence-electron chi connectivity index (χ4n) is 1.49. The molecule has 1 N–H and O–H groups in total. The van der Waals surface area contributed by atoms with Crippen molar-refractivity contribution in [3.8, 4) is 6.07 Å². The highest BCUT2D eigenvalue weighted by atomic mass is 19.4. The second-order valence-electron chi connectivity index (χ2n) is 3.89. The van der Waals surface area contributed by atoms with Crippen molar-refractivity contribution in [1.29, 1.82) is 5.26 Å². The number of hydrogen-bond donors (Lipinski definition) is 1. The molecule has 17 heavy (non-hydrogen) atoms. The number of ether oxygens (including phenoxy) is 1. The van der Waals surface area contributed by atoms with Crippen molar-refractivity contribution in [1.82, 2.24) is 0 Å². The zero-order chi connectivity index (χ0) is 12.5. The Kier molecular flexibility index (Phi) is 2.71. The second-order valence-corrected chi connectivity index (χ2v) is 3.89. The maximum absolute atomic E-state index is 12.3. The molecular weight excluding hydrogens is 233 g/mol. The smallest absolute Gasteiger partial charge is 0.374 e. The van der Waals surface area contributed by atoms with Crippen LogP contribution >= 0.6 is 0 Å². The minimum Gasteiger partial charge on any atom is -0.374 e. The van der Waals surface area contributed by atoms with Gasteiger partial charge in [-0.1, -0.05) is 0 Å². The number of alkyl halides is 3. The van der Waals surface area contributed by atoms with Gasteiger partial charge in [-0.2, -0.15) is 18.4 Å². The molecule has 90 valence electrons. The van der Waals surface area contributed by atoms with Gasteiger partial charge in [0.2, 0.25) is 0 Å². The van der Waals surface area contributed by atoms with Crippen LogP contribution in [0.15, 0.2) is 24.3 Å². The van der Waals surface area contributed by atoms with Crippen molar-refractivity contribution in [3.63, 3.8) is 0 Å². The van der Waals surface area contributed by atoms with Gasteiger partial charge < -0.3 is 10.1 Å². The number of nitrogens with one attached hydrogen (secondary N) is 1. The highest BCUT2D eigenvalue weighted by molar-refractivity contribution is 5.50. The fourth-order valence-corrected chi connectivity index (χ4v) is 1.49. The molecule has 0 atom stereocenters. The van der Waals surface area contributed by atoms with Gasteiger partial charge >= 0.3 is 6.18 Å². The molecule has 1 fully saturated rings. The lowest BCUT2D eigenvalue weighted by molar-refractivity contribution is -0.137. The summed E-state index contributed by atoms with van der Waals surface area (Å²) >= 11 is 0. The van der Waals surface area contributed by atoms with Gasteiger partial charge in [0.1, 0.15) is 0 Å². The Hall–Kier alpha value is -1.74. The number of nitrogens with zero attached hydrogens (tertiary/aromatic N) is 1. The summed E-state index contributed by atoms with van der Waals surface area (Å²) < 4.78 is 41.8. The van der Waals surface area contributed by atoms with E-state index < -0.39 is 17.3 Å². The van der Waals surface area contributed by atoms with E-state index in [9.17, 15) is 13.2 Å². The van der Waals surface area contributed by atoms with Crippen molar-refractivity contribution in [2.24, 2.45) is 0 Å². The largest absolute Gasteiger partial charge is 0.416 e. The normalized spacial score (nSPS) is 18.0. The Morgan fingerprint density at radius 3 is 2.18 bits per heavy atom. The predicted molar refractivity (Wildman–Crippen MR) is 54.2 cm³/mol. The SMILES string of the molecule is N#CC1(Nc2ccc(C(F)(F)F)cc2)COC1. The summed E-state index contributed by atoms with van der Waals surface area (Å²) in [5, 5.41) is 11.8. The summed E-state index contributed by atoms with van der Waals surface area (Å²) in [6, 6.07) is 6.62. The zero-order valence-corrected chi connectivity index (χ0v) is 8.71. The van der Waals surface area contributed by atoms with Crippen LogP contribution in [0, 0.1) is 11.3 Å². The first-order valence-corrected chi connectivity index (χ1v) is 4.90. The molecule has 1 aromatic carbocycles. The summed E-state index contributed by atoms with van der Waals surface area (Å²) in [5.74, 6) is 0. The Balaban J connectivity index is 2.12. The number of hydrogen-bond acceptors (Lipinski definition) is 3. The third kappa shape index (κ3) is 2.34. The van der Waals surface area contributed by atoms with E-state index in [0.29, 0.717) is 5.69 Å². The molecule has 0 unspecified atom stereocenters. The van der Waals surface area contributed by atoms with Crippen molar-refractivity contribution in [2.75, 3.05) is 18.5 Å². The Bertz CT molecular complexity index is 443. The number of rotatable bonds is 2. The van der Waals surface area contributed by atoms with Gasteiger partial charge in [0.05, 0.1) is 24.8 Å². The van der Waals surface area contributed by atoms with Crippen LogP contribution in [0.4, 0.5) is 18.9 Å². The van der Waals surface area contributed by atoms with Gasteiger partial charge in [0.15, 0.2) is 5.54 Å². The third-order valence-electron chi connectivity index (χ3n) is 2.51. The van der Waals surface area contributed by atoms with Gasteiger partial charge in [-0.25, -0.2) is 0 Å². The first-order valence-electron chi connectivity index (χ1n) is 4.90. The standard InChI is InChI=1S/C11H9F3N2O/c12-11(13,14)8-1-3-9(4-2-8)16-10(5-15)6-17-7-10/h1-4,16H,6-7H2. The molecule has 6 heteroatoms. The molecule has 0 amide bonds. The van der Waals surface area contributed by atoms with Gasteiger partial charge in [0.25, 0.3) is 0 Å². The zero-order valence-electron chi connectivity index (χ0n) is 8.71. The van der Waals surface area contributed by atoms with Crippen LogP contribution in [0.3, 0.4) is 0 Å². The van der Waals surface area contributed by atoms with Crippen molar-refractivity contribution in [3.05, 3.63) is 29.8 Å². The summed E-state index contributed by atoms with van der Waals surface area (Å²) in [6.07, 6.45) is -4.34. The quantitative estimate of drug-likeness (QED) is 0.866. The Labute approximate surface area is 95.8 Å². The Morgan fingerprint density at radius 1 is 1.24 bits per heavy atom. The molecule has 0 aromatic heterocycles. The van der Waals surface area contributed by atoms with Crippen LogP contribution in [0.1, 0.15) is 5.56 Å². The van der Waals surface area contributed by atoms with E-state index in [-0.39, 0.29) is 13.2 Å². The second kappa shape index (κ2) is 3.93. The highest BCUT2D eigenvalue weighted by Gasteiger charge is 2.39. The number of halogens is 3. The molecular formula is C11H9F3N2O. The maximum Gasteiger partial charge on any atom is 0.416 e. The molecule has 0 radical (unpaired) electrons. The lowest BCUT2D eigenvalue weighted by Crippen LogP contribution is -2.54. The van der Waals surface area contributed by atoms with Gasteiger partial charge in [-0.3, -0.25) is 0 Å². The minimum absolute atomic E-state index is 0.241. The van der Waals surface area contributed by atoms with Crippen molar-refractivity contribution >= 4 is 5.69 Å². The molecule has 0 saturated carbocycles. The predicted octanol–water partition coefficient (Wildman–Crippen LogP) is 2.41. The lowest BCUT2D eigenvalue weighted by atomic mass is 9.99. The van der Waals surface area contributed by atoms with Gasteiger partial charge in [-0.05, 0) is 24.3 Å². The highest BCUT2D eigenvalue weighted by Crippen LogP contribution is 2.30. The van der Waals surface area contributed by atoms with Crippen LogP contribution < -0.4 is 5.32 Å². The van der Waals surface area contributed by atoms with Crippen molar-refractivity contribution < 1.29 is 17.9 Å². The fraction of sp³-hybridized carbons (Fsp3) is 0.364. The van der Waals surface area contributed by atoms with E-state index >= 15 is 0 Å². The third-order valence-corrected chi connectivity index (χ3v) is 2.51. The van der Waals surface area contributed by atoms with Gasteiger partial charge in [0, 0.05) is 5.69 Å². The molecule has 1 aliphatic heterocycles. The number of nitriles is 1. The average molecular weight is 242 g/mol. The first kappa shape index (κ1) is 11.7. The van der Waals surface area contributed by atoms with Gasteiger partial charge in [-0.15, -0.1) is 0 Å². The molecule has 1 aliphatic rings. The average Bonchev–Trinajstić information content (AvgIpc) is 2.23. The molecule has 1 heterocycles. The van der Waals surface area contributed by atoms with Crippen LogP contribution in [0.2, 0.25) is 0 Å². The molecule has 0 aliphatic carbocycles. The van der Waals surface area contributed by atoms with E-state index in [2.05, 4.69) is 5.32 Å². The van der Waals surface area contributed by atoms with Crippen LogP contribution in [-0.2, 0) is 10.9 Å². The maximum atomic E-state index is 12.3. The lowest BCUT2D eigenvalue weighted by Gasteiger charge is -2.36. The van der Waals surface area contributed by atoms with E-state index in [1.165, 1.54) is 12.1 Å². The molecule has 0 spiro atoms. The summed E-state index contributed by atoms with van der Waals surface area (Å²) in [7, 11) is 0. The van der Waals surface area contributed by atoms with E-state index in [0.717, 1.165) is 12.1 Å². The van der Waals surface area contributed by atoms with E-state index in [1.807, 2.05) is 6.07 Å². The first-order chi connectivity index (χ1) is 7.95. The van der Waals surface area contributed by atoms with E-state index in [4.69, 9.17) is 10.00 Å². The molecule has 0 bridgehead atoms. The monoisotopic (exact) mass is 242 g/mol. The molecule has 3 nitrogen and oxygen atoms in total.